The molecule has 0 aliphatic carbocycles. The number of halogens is 1. The van der Waals surface area contributed by atoms with Gasteiger partial charge in [-0.3, -0.25) is 0 Å². The van der Waals surface area contributed by atoms with E-state index in [1.807, 2.05) is 12.1 Å². The zero-order valence-corrected chi connectivity index (χ0v) is 14.1. The Balaban J connectivity index is 0.00000361. The van der Waals surface area contributed by atoms with E-state index < -0.39 is 6.04 Å². The first-order chi connectivity index (χ1) is 8.48. The first-order valence-electron chi connectivity index (χ1n) is 6.72. The summed E-state index contributed by atoms with van der Waals surface area (Å²) < 4.78 is 0. The van der Waals surface area contributed by atoms with E-state index in [0.29, 0.717) is 5.56 Å². The van der Waals surface area contributed by atoms with Crippen molar-refractivity contribution < 1.29 is 10.2 Å². The first kappa shape index (κ1) is 19.2. The van der Waals surface area contributed by atoms with Crippen LogP contribution in [0.4, 0.5) is 0 Å². The normalized spacial score (nSPS) is 13.8. The molecule has 20 heavy (non-hydrogen) atoms. The monoisotopic (exact) mass is 301 g/mol. The molecule has 0 radical (unpaired) electrons. The molecule has 0 amide bonds. The maximum absolute atomic E-state index is 10.4. The SMILES string of the molecule is CC(C)(C)c1cc([C@@H](N)CO)c(O)c(C(C)(C)C)c1.Cl. The number of nitrogens with two attached hydrogens (primary N) is 1. The highest BCUT2D eigenvalue weighted by Crippen LogP contribution is 2.39. The minimum absolute atomic E-state index is 0. The van der Waals surface area contributed by atoms with Crippen molar-refractivity contribution in [2.75, 3.05) is 6.61 Å². The van der Waals surface area contributed by atoms with E-state index in [4.69, 9.17) is 5.73 Å². The second-order valence-corrected chi connectivity index (χ2v) is 7.25. The molecule has 0 saturated heterocycles. The number of aromatic hydroxyl groups is 1. The Morgan fingerprint density at radius 3 is 1.90 bits per heavy atom. The Morgan fingerprint density at radius 1 is 1.05 bits per heavy atom. The van der Waals surface area contributed by atoms with E-state index in [9.17, 15) is 10.2 Å². The van der Waals surface area contributed by atoms with Gasteiger partial charge in [0, 0.05) is 5.56 Å². The van der Waals surface area contributed by atoms with E-state index in [-0.39, 0.29) is 35.6 Å². The summed E-state index contributed by atoms with van der Waals surface area (Å²) in [6.07, 6.45) is 0. The van der Waals surface area contributed by atoms with Crippen LogP contribution in [0.25, 0.3) is 0 Å². The molecule has 1 aromatic carbocycles. The van der Waals surface area contributed by atoms with E-state index in [0.717, 1.165) is 11.1 Å². The van der Waals surface area contributed by atoms with Crippen LogP contribution in [0, 0.1) is 0 Å². The Hall–Kier alpha value is -0.770. The Morgan fingerprint density at radius 2 is 1.55 bits per heavy atom. The Kier molecular flexibility index (Phi) is 6.09. The number of rotatable bonds is 2. The van der Waals surface area contributed by atoms with Gasteiger partial charge in [-0.05, 0) is 28.0 Å². The van der Waals surface area contributed by atoms with Gasteiger partial charge in [-0.15, -0.1) is 12.4 Å². The van der Waals surface area contributed by atoms with Crippen molar-refractivity contribution in [1.29, 1.82) is 0 Å². The molecule has 1 rings (SSSR count). The number of benzene rings is 1. The van der Waals surface area contributed by atoms with Gasteiger partial charge in [0.25, 0.3) is 0 Å². The van der Waals surface area contributed by atoms with Crippen LogP contribution in [0.5, 0.6) is 5.75 Å². The Labute approximate surface area is 128 Å². The van der Waals surface area contributed by atoms with Gasteiger partial charge in [-0.1, -0.05) is 47.6 Å². The molecular formula is C16H28ClNO2. The molecule has 0 bridgehead atoms. The standard InChI is InChI=1S/C16H27NO2.ClH/c1-15(2,3)10-7-11(13(17)9-18)14(19)12(8-10)16(4,5)6;/h7-8,13,18-19H,9,17H2,1-6H3;1H/t13-;/m0./s1. The molecule has 0 unspecified atom stereocenters. The van der Waals surface area contributed by atoms with Crippen LogP contribution in [0.1, 0.15) is 64.3 Å². The zero-order valence-electron chi connectivity index (χ0n) is 13.3. The van der Waals surface area contributed by atoms with Crippen molar-refractivity contribution in [2.24, 2.45) is 5.73 Å². The molecule has 1 aromatic rings. The summed E-state index contributed by atoms with van der Waals surface area (Å²) >= 11 is 0. The molecule has 0 heterocycles. The van der Waals surface area contributed by atoms with Gasteiger partial charge < -0.3 is 15.9 Å². The number of hydrogen-bond donors (Lipinski definition) is 3. The lowest BCUT2D eigenvalue weighted by Crippen LogP contribution is -2.21. The largest absolute Gasteiger partial charge is 0.507 e. The molecule has 116 valence electrons. The number of aliphatic hydroxyl groups excluding tert-OH is 1. The van der Waals surface area contributed by atoms with Gasteiger partial charge >= 0.3 is 0 Å². The average Bonchev–Trinajstić information content (AvgIpc) is 2.25. The maximum atomic E-state index is 10.4. The predicted octanol–water partition coefficient (Wildman–Crippen LogP) is 3.40. The molecule has 1 atom stereocenters. The van der Waals surface area contributed by atoms with Crippen molar-refractivity contribution in [2.45, 2.75) is 58.4 Å². The van der Waals surface area contributed by atoms with Crippen LogP contribution < -0.4 is 5.73 Å². The molecule has 0 aliphatic rings. The summed E-state index contributed by atoms with van der Waals surface area (Å²) in [6.45, 7) is 12.4. The van der Waals surface area contributed by atoms with Crippen LogP contribution in [0.15, 0.2) is 12.1 Å². The van der Waals surface area contributed by atoms with Crippen LogP contribution in [0.2, 0.25) is 0 Å². The highest BCUT2D eigenvalue weighted by molar-refractivity contribution is 5.85. The summed E-state index contributed by atoms with van der Waals surface area (Å²) in [7, 11) is 0. The molecule has 0 saturated carbocycles. The fourth-order valence-electron chi connectivity index (χ4n) is 2.04. The van der Waals surface area contributed by atoms with Gasteiger partial charge in [-0.2, -0.15) is 0 Å². The van der Waals surface area contributed by atoms with Gasteiger partial charge in [0.15, 0.2) is 0 Å². The van der Waals surface area contributed by atoms with Crippen LogP contribution in [0.3, 0.4) is 0 Å². The topological polar surface area (TPSA) is 66.5 Å². The van der Waals surface area contributed by atoms with Crippen LogP contribution in [-0.4, -0.2) is 16.8 Å². The lowest BCUT2D eigenvalue weighted by Gasteiger charge is -2.28. The van der Waals surface area contributed by atoms with Crippen molar-refractivity contribution in [1.82, 2.24) is 0 Å². The average molecular weight is 302 g/mol. The zero-order chi connectivity index (χ0) is 15.0. The molecule has 0 fully saturated rings. The Bertz CT molecular complexity index is 459. The van der Waals surface area contributed by atoms with Crippen LogP contribution >= 0.6 is 12.4 Å². The van der Waals surface area contributed by atoms with E-state index >= 15 is 0 Å². The molecule has 4 heteroatoms. The molecular weight excluding hydrogens is 274 g/mol. The number of phenols is 1. The summed E-state index contributed by atoms with van der Waals surface area (Å²) in [5, 5.41) is 19.7. The van der Waals surface area contributed by atoms with Crippen molar-refractivity contribution in [3.63, 3.8) is 0 Å². The van der Waals surface area contributed by atoms with Gasteiger partial charge in [0.05, 0.1) is 12.6 Å². The number of phenolic OH excluding ortho intramolecular Hbond substituents is 1. The van der Waals surface area contributed by atoms with E-state index in [1.165, 1.54) is 0 Å². The van der Waals surface area contributed by atoms with E-state index in [2.05, 4.69) is 41.5 Å². The third-order valence-electron chi connectivity index (χ3n) is 3.41. The van der Waals surface area contributed by atoms with E-state index in [1.54, 1.807) is 0 Å². The molecule has 0 aromatic heterocycles. The summed E-state index contributed by atoms with van der Waals surface area (Å²) in [6, 6.07) is 3.40. The van der Waals surface area contributed by atoms with Gasteiger partial charge in [0.1, 0.15) is 5.75 Å². The van der Waals surface area contributed by atoms with Gasteiger partial charge in [0.2, 0.25) is 0 Å². The second kappa shape index (κ2) is 6.33. The first-order valence-corrected chi connectivity index (χ1v) is 6.72. The fraction of sp³-hybridized carbons (Fsp3) is 0.625. The third-order valence-corrected chi connectivity index (χ3v) is 3.41. The maximum Gasteiger partial charge on any atom is 0.124 e. The van der Waals surface area contributed by atoms with Crippen molar-refractivity contribution in [3.05, 3.63) is 28.8 Å². The lowest BCUT2D eigenvalue weighted by molar-refractivity contribution is 0.264. The predicted molar refractivity (Wildman–Crippen MR) is 86.8 cm³/mol. The molecule has 0 aliphatic heterocycles. The minimum Gasteiger partial charge on any atom is -0.507 e. The van der Waals surface area contributed by atoms with Crippen molar-refractivity contribution >= 4 is 12.4 Å². The molecule has 4 N–H and O–H groups in total. The summed E-state index contributed by atoms with van der Waals surface area (Å²) in [4.78, 5) is 0. The lowest BCUT2D eigenvalue weighted by atomic mass is 9.78. The van der Waals surface area contributed by atoms with Gasteiger partial charge in [-0.25, -0.2) is 0 Å². The number of aliphatic hydroxyl groups is 1. The molecule has 0 spiro atoms. The second-order valence-electron chi connectivity index (χ2n) is 7.25. The van der Waals surface area contributed by atoms with Crippen molar-refractivity contribution in [3.8, 4) is 5.75 Å². The highest BCUT2D eigenvalue weighted by atomic mass is 35.5. The fourth-order valence-corrected chi connectivity index (χ4v) is 2.04. The van der Waals surface area contributed by atoms with Crippen LogP contribution in [-0.2, 0) is 10.8 Å². The minimum atomic E-state index is -0.552. The highest BCUT2D eigenvalue weighted by Gasteiger charge is 2.26. The quantitative estimate of drug-likeness (QED) is 0.784. The smallest absolute Gasteiger partial charge is 0.124 e. The summed E-state index contributed by atoms with van der Waals surface area (Å²) in [5.74, 6) is 0.210. The molecule has 3 nitrogen and oxygen atoms in total. The third kappa shape index (κ3) is 4.11. The number of hydrogen-bond acceptors (Lipinski definition) is 3. The summed E-state index contributed by atoms with van der Waals surface area (Å²) in [5.41, 5.74) is 8.33.